The van der Waals surface area contributed by atoms with Crippen LogP contribution in [0.3, 0.4) is 0 Å². The highest BCUT2D eigenvalue weighted by Gasteiger charge is 2.24. The summed E-state index contributed by atoms with van der Waals surface area (Å²) in [5.74, 6) is -1.22. The minimum absolute atomic E-state index is 0.187. The zero-order valence-electron chi connectivity index (χ0n) is 9.56. The van der Waals surface area contributed by atoms with Crippen LogP contribution in [0, 0.1) is 6.92 Å². The number of carboxylic acid groups (broad SMARTS) is 1. The lowest BCUT2D eigenvalue weighted by molar-refractivity contribution is -0.138. The van der Waals surface area contributed by atoms with Crippen LogP contribution in [0.4, 0.5) is 0 Å². The maximum atomic E-state index is 12.0. The third-order valence-corrected chi connectivity index (χ3v) is 2.25. The molecule has 0 saturated carbocycles. The van der Waals surface area contributed by atoms with Crippen molar-refractivity contribution < 1.29 is 19.1 Å². The Bertz CT molecular complexity index is 394. The van der Waals surface area contributed by atoms with Gasteiger partial charge in [-0.2, -0.15) is 0 Å². The van der Waals surface area contributed by atoms with Crippen LogP contribution in [0.25, 0.3) is 0 Å². The molecule has 0 aliphatic carbocycles. The van der Waals surface area contributed by atoms with Crippen LogP contribution in [0.15, 0.2) is 16.7 Å². The molecule has 0 aromatic carbocycles. The molecule has 0 aliphatic heterocycles. The van der Waals surface area contributed by atoms with Crippen molar-refractivity contribution >= 4 is 11.9 Å². The van der Waals surface area contributed by atoms with Gasteiger partial charge in [-0.15, -0.1) is 0 Å². The third kappa shape index (κ3) is 2.62. The maximum absolute atomic E-state index is 12.0. The normalized spacial score (nSPS) is 10.5. The Morgan fingerprint density at radius 1 is 1.50 bits per heavy atom. The second-order valence-electron chi connectivity index (χ2n) is 3.85. The van der Waals surface area contributed by atoms with Crippen molar-refractivity contribution in [2.75, 3.05) is 6.54 Å². The van der Waals surface area contributed by atoms with E-state index < -0.39 is 5.97 Å². The number of aryl methyl sites for hydroxylation is 1. The SMILES string of the molecule is Cc1ccoc1C(=O)N(CC(=O)O)C(C)C. The molecule has 1 heterocycles. The Kier molecular flexibility index (Phi) is 3.71. The number of aliphatic carboxylic acids is 1. The molecule has 0 bridgehead atoms. The highest BCUT2D eigenvalue weighted by molar-refractivity contribution is 5.94. The number of amides is 1. The van der Waals surface area contributed by atoms with Gasteiger partial charge in [0.25, 0.3) is 5.91 Å². The minimum atomic E-state index is -1.04. The van der Waals surface area contributed by atoms with Gasteiger partial charge in [-0.1, -0.05) is 0 Å². The molecule has 1 amide bonds. The molecule has 0 atom stereocenters. The Hall–Kier alpha value is -1.78. The van der Waals surface area contributed by atoms with E-state index in [1.54, 1.807) is 26.8 Å². The fourth-order valence-corrected chi connectivity index (χ4v) is 1.36. The Morgan fingerprint density at radius 3 is 2.50 bits per heavy atom. The number of carbonyl (C=O) groups is 2. The minimum Gasteiger partial charge on any atom is -0.480 e. The topological polar surface area (TPSA) is 70.8 Å². The number of hydrogen-bond acceptors (Lipinski definition) is 3. The second-order valence-corrected chi connectivity index (χ2v) is 3.85. The van der Waals surface area contributed by atoms with Crippen LogP contribution in [0.1, 0.15) is 30.0 Å². The predicted octanol–water partition coefficient (Wildman–Crippen LogP) is 1.52. The summed E-state index contributed by atoms with van der Waals surface area (Å²) in [4.78, 5) is 23.9. The van der Waals surface area contributed by atoms with Crippen LogP contribution in [-0.4, -0.2) is 34.5 Å². The summed E-state index contributed by atoms with van der Waals surface area (Å²) < 4.78 is 5.05. The van der Waals surface area contributed by atoms with Gasteiger partial charge in [-0.3, -0.25) is 9.59 Å². The molecule has 16 heavy (non-hydrogen) atoms. The van der Waals surface area contributed by atoms with Gasteiger partial charge >= 0.3 is 5.97 Å². The van der Waals surface area contributed by atoms with E-state index in [0.717, 1.165) is 0 Å². The first kappa shape index (κ1) is 12.3. The monoisotopic (exact) mass is 225 g/mol. The first-order chi connectivity index (χ1) is 7.43. The van der Waals surface area contributed by atoms with Crippen molar-refractivity contribution in [3.63, 3.8) is 0 Å². The fourth-order valence-electron chi connectivity index (χ4n) is 1.36. The maximum Gasteiger partial charge on any atom is 0.323 e. The molecular formula is C11H15NO4. The average molecular weight is 225 g/mol. The molecule has 0 spiro atoms. The number of carbonyl (C=O) groups excluding carboxylic acids is 1. The molecule has 0 radical (unpaired) electrons. The fraction of sp³-hybridized carbons (Fsp3) is 0.455. The number of hydrogen-bond donors (Lipinski definition) is 1. The molecule has 0 fully saturated rings. The quantitative estimate of drug-likeness (QED) is 0.843. The lowest BCUT2D eigenvalue weighted by Gasteiger charge is -2.23. The second kappa shape index (κ2) is 4.83. The molecule has 1 aromatic heterocycles. The summed E-state index contributed by atoms with van der Waals surface area (Å²) in [7, 11) is 0. The zero-order valence-corrected chi connectivity index (χ0v) is 9.56. The third-order valence-electron chi connectivity index (χ3n) is 2.25. The zero-order chi connectivity index (χ0) is 12.3. The van der Waals surface area contributed by atoms with E-state index in [9.17, 15) is 9.59 Å². The van der Waals surface area contributed by atoms with Crippen molar-refractivity contribution in [1.29, 1.82) is 0 Å². The summed E-state index contributed by atoms with van der Waals surface area (Å²) in [5, 5.41) is 8.72. The van der Waals surface area contributed by atoms with Gasteiger partial charge in [0.15, 0.2) is 5.76 Å². The summed E-state index contributed by atoms with van der Waals surface area (Å²) in [6.07, 6.45) is 1.42. The van der Waals surface area contributed by atoms with Crippen LogP contribution >= 0.6 is 0 Å². The van der Waals surface area contributed by atoms with E-state index in [1.807, 2.05) is 0 Å². The number of rotatable bonds is 4. The largest absolute Gasteiger partial charge is 0.480 e. The van der Waals surface area contributed by atoms with Crippen molar-refractivity contribution in [2.45, 2.75) is 26.8 Å². The molecule has 1 rings (SSSR count). The highest BCUT2D eigenvalue weighted by atomic mass is 16.4. The molecule has 5 heteroatoms. The first-order valence-corrected chi connectivity index (χ1v) is 5.00. The van der Waals surface area contributed by atoms with Crippen molar-refractivity contribution in [1.82, 2.24) is 4.90 Å². The Morgan fingerprint density at radius 2 is 2.12 bits per heavy atom. The molecule has 0 unspecified atom stereocenters. The first-order valence-electron chi connectivity index (χ1n) is 5.00. The van der Waals surface area contributed by atoms with Crippen molar-refractivity contribution in [3.8, 4) is 0 Å². The smallest absolute Gasteiger partial charge is 0.323 e. The molecule has 1 aromatic rings. The van der Waals surface area contributed by atoms with Crippen LogP contribution < -0.4 is 0 Å². The molecular weight excluding hydrogens is 210 g/mol. The van der Waals surface area contributed by atoms with E-state index in [-0.39, 0.29) is 24.3 Å². The predicted molar refractivity (Wildman–Crippen MR) is 57.3 cm³/mol. The molecule has 0 saturated heterocycles. The van der Waals surface area contributed by atoms with Gasteiger partial charge in [-0.05, 0) is 26.8 Å². The standard InChI is InChI=1S/C11H15NO4/c1-7(2)12(6-9(13)14)11(15)10-8(3)4-5-16-10/h4-5,7H,6H2,1-3H3,(H,13,14). The van der Waals surface area contributed by atoms with Crippen LogP contribution in [-0.2, 0) is 4.79 Å². The van der Waals surface area contributed by atoms with E-state index in [0.29, 0.717) is 5.56 Å². The van der Waals surface area contributed by atoms with Gasteiger partial charge in [0.05, 0.1) is 6.26 Å². The lowest BCUT2D eigenvalue weighted by atomic mass is 10.2. The molecule has 0 aliphatic rings. The number of furan rings is 1. The van der Waals surface area contributed by atoms with Crippen molar-refractivity contribution in [3.05, 3.63) is 23.7 Å². The van der Waals surface area contributed by atoms with Gasteiger partial charge in [0.2, 0.25) is 0 Å². The summed E-state index contributed by atoms with van der Waals surface area (Å²) >= 11 is 0. The van der Waals surface area contributed by atoms with Gasteiger partial charge in [-0.25, -0.2) is 0 Å². The van der Waals surface area contributed by atoms with E-state index in [2.05, 4.69) is 0 Å². The Balaban J connectivity index is 2.92. The number of carboxylic acids is 1. The highest BCUT2D eigenvalue weighted by Crippen LogP contribution is 2.13. The van der Waals surface area contributed by atoms with E-state index >= 15 is 0 Å². The van der Waals surface area contributed by atoms with Gasteiger partial charge in [0.1, 0.15) is 6.54 Å². The molecule has 88 valence electrons. The van der Waals surface area contributed by atoms with E-state index in [1.165, 1.54) is 11.2 Å². The van der Waals surface area contributed by atoms with Crippen LogP contribution in [0.5, 0.6) is 0 Å². The summed E-state index contributed by atoms with van der Waals surface area (Å²) in [6.45, 7) is 4.95. The van der Waals surface area contributed by atoms with Crippen LogP contribution in [0.2, 0.25) is 0 Å². The van der Waals surface area contributed by atoms with Gasteiger partial charge < -0.3 is 14.4 Å². The molecule has 5 nitrogen and oxygen atoms in total. The lowest BCUT2D eigenvalue weighted by Crippen LogP contribution is -2.40. The average Bonchev–Trinajstić information content (AvgIpc) is 2.59. The van der Waals surface area contributed by atoms with Gasteiger partial charge in [0, 0.05) is 11.6 Å². The summed E-state index contributed by atoms with van der Waals surface area (Å²) in [5.41, 5.74) is 0.709. The Labute approximate surface area is 93.7 Å². The number of nitrogens with zero attached hydrogens (tertiary/aromatic N) is 1. The van der Waals surface area contributed by atoms with E-state index in [4.69, 9.17) is 9.52 Å². The summed E-state index contributed by atoms with van der Waals surface area (Å²) in [6, 6.07) is 1.49. The molecule has 1 N–H and O–H groups in total. The van der Waals surface area contributed by atoms with Crippen molar-refractivity contribution in [2.24, 2.45) is 0 Å².